The van der Waals surface area contributed by atoms with E-state index in [9.17, 15) is 0 Å². The summed E-state index contributed by atoms with van der Waals surface area (Å²) in [6.45, 7) is 0. The number of tetrazole rings is 1. The summed E-state index contributed by atoms with van der Waals surface area (Å²) in [7, 11) is 1.67. The van der Waals surface area contributed by atoms with E-state index in [1.54, 1.807) is 7.11 Å². The molecule has 1 N–H and O–H groups in total. The lowest BCUT2D eigenvalue weighted by atomic mass is 10.0. The smallest absolute Gasteiger partial charge is 0.152 e. The highest BCUT2D eigenvalue weighted by molar-refractivity contribution is 6.30. The minimum absolute atomic E-state index is 0.630. The van der Waals surface area contributed by atoms with Crippen molar-refractivity contribution in [2.75, 3.05) is 7.11 Å². The highest BCUT2D eigenvalue weighted by atomic mass is 35.5. The zero-order valence-electron chi connectivity index (χ0n) is 13.5. The van der Waals surface area contributed by atoms with Crippen LogP contribution in [0.4, 0.5) is 0 Å². The van der Waals surface area contributed by atoms with Gasteiger partial charge in [0.25, 0.3) is 0 Å². The minimum atomic E-state index is 0.630. The van der Waals surface area contributed by atoms with Gasteiger partial charge in [-0.3, -0.25) is 0 Å². The number of hydrogen-bond donors (Lipinski definition) is 1. The molecule has 0 spiro atoms. The summed E-state index contributed by atoms with van der Waals surface area (Å²) in [6.07, 6.45) is 4.94. The minimum Gasteiger partial charge on any atom is -0.497 e. The van der Waals surface area contributed by atoms with Crippen LogP contribution >= 0.6 is 11.6 Å². The topological polar surface area (TPSA) is 63.7 Å². The summed E-state index contributed by atoms with van der Waals surface area (Å²) < 4.78 is 5.38. The molecule has 5 nitrogen and oxygen atoms in total. The molecule has 124 valence electrons. The molecule has 3 aromatic rings. The van der Waals surface area contributed by atoms with Gasteiger partial charge in [-0.1, -0.05) is 35.9 Å². The predicted octanol–water partition coefficient (Wildman–Crippen LogP) is 4.04. The first-order chi connectivity index (χ1) is 12.2. The van der Waals surface area contributed by atoms with Gasteiger partial charge in [-0.25, -0.2) is 5.10 Å². The van der Waals surface area contributed by atoms with Crippen LogP contribution in [-0.4, -0.2) is 27.7 Å². The van der Waals surface area contributed by atoms with E-state index < -0.39 is 0 Å². The largest absolute Gasteiger partial charge is 0.497 e. The number of fused-ring (bicyclic) bond motifs is 1. The molecule has 2 aromatic carbocycles. The Bertz CT molecular complexity index is 960. The molecule has 1 aliphatic carbocycles. The lowest BCUT2D eigenvalue weighted by Gasteiger charge is -2.07. The molecule has 1 heterocycles. The van der Waals surface area contributed by atoms with E-state index in [1.807, 2.05) is 36.4 Å². The number of nitrogens with zero attached hydrogens (tertiary/aromatic N) is 3. The van der Waals surface area contributed by atoms with Crippen LogP contribution in [0.3, 0.4) is 0 Å². The lowest BCUT2D eigenvalue weighted by Crippen LogP contribution is -1.93. The molecule has 0 atom stereocenters. The zero-order valence-corrected chi connectivity index (χ0v) is 14.3. The molecule has 1 aromatic heterocycles. The Hall–Kier alpha value is -2.92. The predicted molar refractivity (Wildman–Crippen MR) is 98.2 cm³/mol. The average Bonchev–Trinajstić information content (AvgIpc) is 3.26. The summed E-state index contributed by atoms with van der Waals surface area (Å²) in [6, 6.07) is 13.9. The highest BCUT2D eigenvalue weighted by Crippen LogP contribution is 2.39. The molecular formula is C19H15ClN4O. The molecule has 0 unspecified atom stereocenters. The molecule has 0 amide bonds. The Kier molecular flexibility index (Phi) is 4.07. The number of H-pyrrole nitrogens is 1. The molecule has 0 aliphatic heterocycles. The van der Waals surface area contributed by atoms with E-state index in [-0.39, 0.29) is 0 Å². The fourth-order valence-electron chi connectivity index (χ4n) is 2.95. The number of nitrogens with one attached hydrogen (secondary N) is 1. The molecule has 25 heavy (non-hydrogen) atoms. The van der Waals surface area contributed by atoms with Crippen molar-refractivity contribution in [2.24, 2.45) is 0 Å². The van der Waals surface area contributed by atoms with Gasteiger partial charge in [-0.15, -0.1) is 5.10 Å². The van der Waals surface area contributed by atoms with Crippen LogP contribution in [0.25, 0.3) is 17.2 Å². The molecule has 0 saturated carbocycles. The third-order valence-electron chi connectivity index (χ3n) is 4.15. The van der Waals surface area contributed by atoms with Gasteiger partial charge in [0, 0.05) is 11.4 Å². The van der Waals surface area contributed by atoms with Crippen LogP contribution in [0.1, 0.15) is 22.5 Å². The first-order valence-corrected chi connectivity index (χ1v) is 8.20. The quantitative estimate of drug-likeness (QED) is 0.771. The van der Waals surface area contributed by atoms with Crippen LogP contribution < -0.4 is 4.74 Å². The summed E-state index contributed by atoms with van der Waals surface area (Å²) in [5.74, 6) is 1.56. The number of ether oxygens (including phenoxy) is 1. The van der Waals surface area contributed by atoms with Crippen LogP contribution in [0.2, 0.25) is 5.02 Å². The molecule has 6 heteroatoms. The van der Waals surface area contributed by atoms with Gasteiger partial charge in [-0.05, 0) is 68.6 Å². The van der Waals surface area contributed by atoms with Gasteiger partial charge < -0.3 is 4.74 Å². The van der Waals surface area contributed by atoms with Gasteiger partial charge in [0.2, 0.25) is 0 Å². The van der Waals surface area contributed by atoms with Crippen LogP contribution in [0, 0.1) is 0 Å². The van der Waals surface area contributed by atoms with E-state index in [0.717, 1.165) is 38.9 Å². The van der Waals surface area contributed by atoms with Crippen LogP contribution in [0.5, 0.6) is 5.75 Å². The molecule has 1 aliphatic rings. The molecule has 0 radical (unpaired) electrons. The Balaban J connectivity index is 1.77. The number of hydrogen-bond acceptors (Lipinski definition) is 4. The second-order valence-electron chi connectivity index (χ2n) is 5.76. The number of benzene rings is 2. The van der Waals surface area contributed by atoms with Gasteiger partial charge in [0.1, 0.15) is 5.75 Å². The van der Waals surface area contributed by atoms with Crippen LogP contribution in [-0.2, 0) is 6.42 Å². The second-order valence-corrected chi connectivity index (χ2v) is 6.19. The number of methoxy groups -OCH3 is 1. The number of halogens is 1. The average molecular weight is 351 g/mol. The maximum Gasteiger partial charge on any atom is 0.152 e. The van der Waals surface area contributed by atoms with Crippen molar-refractivity contribution in [3.63, 3.8) is 0 Å². The number of allylic oxidation sites excluding steroid dienone is 3. The molecule has 4 rings (SSSR count). The standard InChI is InChI=1S/C19H15ClN4O/c1-25-16-6-7-17-13(8-12-2-4-15(20)5-3-12)9-14(18(17)11-16)10-19-21-23-24-22-19/h2-9,11H,10H2,1H3,(H,21,22,23,24). The Morgan fingerprint density at radius 1 is 1.12 bits per heavy atom. The first-order valence-electron chi connectivity index (χ1n) is 7.82. The van der Waals surface area contributed by atoms with E-state index in [4.69, 9.17) is 16.3 Å². The Morgan fingerprint density at radius 3 is 2.68 bits per heavy atom. The summed E-state index contributed by atoms with van der Waals surface area (Å²) in [4.78, 5) is 0. The second kappa shape index (κ2) is 6.53. The summed E-state index contributed by atoms with van der Waals surface area (Å²) in [5.41, 5.74) is 5.68. The van der Waals surface area contributed by atoms with E-state index in [2.05, 4.69) is 38.8 Å². The third kappa shape index (κ3) is 3.19. The van der Waals surface area contributed by atoms with Crippen molar-refractivity contribution in [3.8, 4) is 5.75 Å². The molecular weight excluding hydrogens is 336 g/mol. The number of aromatic amines is 1. The first kappa shape index (κ1) is 15.6. The Labute approximate surface area is 150 Å². The van der Waals surface area contributed by atoms with E-state index in [0.29, 0.717) is 6.42 Å². The van der Waals surface area contributed by atoms with Crippen molar-refractivity contribution < 1.29 is 4.74 Å². The van der Waals surface area contributed by atoms with Crippen molar-refractivity contribution in [1.82, 2.24) is 20.6 Å². The Morgan fingerprint density at radius 2 is 1.96 bits per heavy atom. The molecule has 0 fully saturated rings. The number of aromatic nitrogens is 4. The third-order valence-corrected chi connectivity index (χ3v) is 4.40. The molecule has 0 saturated heterocycles. The van der Waals surface area contributed by atoms with Gasteiger partial charge in [0.15, 0.2) is 5.82 Å². The molecule has 0 bridgehead atoms. The number of rotatable bonds is 4. The zero-order chi connectivity index (χ0) is 17.2. The SMILES string of the molecule is COc1ccc2c(c1)C(Cc1nnn[nH]1)=CC2=Cc1ccc(Cl)cc1. The van der Waals surface area contributed by atoms with Gasteiger partial charge >= 0.3 is 0 Å². The summed E-state index contributed by atoms with van der Waals surface area (Å²) in [5, 5.41) is 14.8. The maximum atomic E-state index is 5.98. The monoisotopic (exact) mass is 350 g/mol. The van der Waals surface area contributed by atoms with Crippen molar-refractivity contribution in [3.05, 3.63) is 76.1 Å². The van der Waals surface area contributed by atoms with Gasteiger partial charge in [0.05, 0.1) is 7.11 Å². The fraction of sp³-hybridized carbons (Fsp3) is 0.105. The van der Waals surface area contributed by atoms with E-state index >= 15 is 0 Å². The van der Waals surface area contributed by atoms with Crippen molar-refractivity contribution in [1.29, 1.82) is 0 Å². The summed E-state index contributed by atoms with van der Waals surface area (Å²) >= 11 is 5.98. The van der Waals surface area contributed by atoms with Gasteiger partial charge in [-0.2, -0.15) is 0 Å². The van der Waals surface area contributed by atoms with Crippen LogP contribution in [0.15, 0.2) is 48.5 Å². The van der Waals surface area contributed by atoms with E-state index in [1.165, 1.54) is 5.56 Å². The highest BCUT2D eigenvalue weighted by Gasteiger charge is 2.20. The maximum absolute atomic E-state index is 5.98. The lowest BCUT2D eigenvalue weighted by molar-refractivity contribution is 0.414. The normalized spacial score (nSPS) is 14.5. The fourth-order valence-corrected chi connectivity index (χ4v) is 3.08. The van der Waals surface area contributed by atoms with Crippen molar-refractivity contribution in [2.45, 2.75) is 6.42 Å². The van der Waals surface area contributed by atoms with Crippen molar-refractivity contribution >= 4 is 28.8 Å².